The van der Waals surface area contributed by atoms with E-state index in [4.69, 9.17) is 10.8 Å². The van der Waals surface area contributed by atoms with E-state index in [-0.39, 0.29) is 11.4 Å². The Kier molecular flexibility index (Phi) is 3.77. The van der Waals surface area contributed by atoms with E-state index in [0.29, 0.717) is 0 Å². The van der Waals surface area contributed by atoms with Gasteiger partial charge < -0.3 is 21.3 Å². The Morgan fingerprint density at radius 1 is 1.32 bits per heavy atom. The molecule has 0 radical (unpaired) electrons. The zero-order chi connectivity index (χ0) is 15.0. The van der Waals surface area contributed by atoms with Gasteiger partial charge in [0.1, 0.15) is 5.82 Å². The fourth-order valence-corrected chi connectivity index (χ4v) is 1.35. The molecule has 5 nitrogen and oxygen atoms in total. The molecule has 1 aromatic carbocycles. The first kappa shape index (κ1) is 15.2. The summed E-state index contributed by atoms with van der Waals surface area (Å²) in [6, 6.07) is 2.08. The summed E-state index contributed by atoms with van der Waals surface area (Å²) < 4.78 is 13.6. The van der Waals surface area contributed by atoms with Crippen LogP contribution >= 0.6 is 0 Å². The predicted molar refractivity (Wildman–Crippen MR) is 71.8 cm³/mol. The molecule has 106 valence electrons. The second-order valence-electron chi connectivity index (χ2n) is 5.53. The van der Waals surface area contributed by atoms with Crippen LogP contribution in [-0.4, -0.2) is 27.3 Å². The summed E-state index contributed by atoms with van der Waals surface area (Å²) in [5.41, 5.74) is 3.71. The lowest BCUT2D eigenvalue weighted by Gasteiger charge is -2.39. The molecule has 0 aliphatic carbocycles. The van der Waals surface area contributed by atoms with E-state index < -0.39 is 28.5 Å². The molecule has 0 saturated carbocycles. The van der Waals surface area contributed by atoms with Crippen molar-refractivity contribution in [2.24, 2.45) is 0 Å². The minimum atomic E-state index is -1.38. The summed E-state index contributed by atoms with van der Waals surface area (Å²) >= 11 is 0. The topological polar surface area (TPSA) is 95.6 Å². The summed E-state index contributed by atoms with van der Waals surface area (Å²) in [5, 5.41) is 21.7. The summed E-state index contributed by atoms with van der Waals surface area (Å²) in [6.07, 6.45) is 0. The average molecular weight is 270 g/mol. The molecule has 0 amide bonds. The highest BCUT2D eigenvalue weighted by atomic mass is 19.1. The van der Waals surface area contributed by atoms with Gasteiger partial charge in [-0.15, -0.1) is 0 Å². The quantitative estimate of drug-likeness (QED) is 0.628. The summed E-state index contributed by atoms with van der Waals surface area (Å²) in [7, 11) is 0. The molecule has 0 aliphatic rings. The third-order valence-corrected chi connectivity index (χ3v) is 3.35. The van der Waals surface area contributed by atoms with Crippen LogP contribution in [0.4, 0.5) is 15.8 Å². The van der Waals surface area contributed by atoms with Crippen molar-refractivity contribution in [2.45, 2.75) is 38.8 Å². The number of carboxylic acid groups (broad SMARTS) is 1. The van der Waals surface area contributed by atoms with Gasteiger partial charge in [-0.05, 0) is 39.8 Å². The first-order valence-electron chi connectivity index (χ1n) is 5.78. The number of hydrogen-bond donors (Lipinski definition) is 4. The molecule has 0 aliphatic heterocycles. The molecular formula is C13H19FN2O3. The van der Waals surface area contributed by atoms with E-state index in [2.05, 4.69) is 5.32 Å². The Bertz CT molecular complexity index is 507. The van der Waals surface area contributed by atoms with Crippen LogP contribution in [0.25, 0.3) is 0 Å². The maximum Gasteiger partial charge on any atom is 0.338 e. The van der Waals surface area contributed by atoms with Crippen LogP contribution < -0.4 is 11.1 Å². The average Bonchev–Trinajstić information content (AvgIpc) is 2.20. The van der Waals surface area contributed by atoms with Gasteiger partial charge in [0.2, 0.25) is 0 Å². The highest BCUT2D eigenvalue weighted by Gasteiger charge is 2.35. The Labute approximate surface area is 111 Å². The van der Waals surface area contributed by atoms with Gasteiger partial charge in [0.05, 0.1) is 28.1 Å². The van der Waals surface area contributed by atoms with Crippen LogP contribution in [0, 0.1) is 5.82 Å². The molecule has 0 spiro atoms. The van der Waals surface area contributed by atoms with E-state index in [1.54, 1.807) is 27.7 Å². The molecule has 1 aromatic rings. The van der Waals surface area contributed by atoms with E-state index in [9.17, 15) is 14.3 Å². The van der Waals surface area contributed by atoms with Gasteiger partial charge in [0, 0.05) is 0 Å². The van der Waals surface area contributed by atoms with Crippen molar-refractivity contribution in [3.05, 3.63) is 23.5 Å². The zero-order valence-electron chi connectivity index (χ0n) is 11.4. The molecular weight excluding hydrogens is 251 g/mol. The number of carboxylic acids is 1. The van der Waals surface area contributed by atoms with Crippen molar-refractivity contribution in [1.82, 2.24) is 0 Å². The number of nitrogens with two attached hydrogens (primary N) is 1. The molecule has 19 heavy (non-hydrogen) atoms. The van der Waals surface area contributed by atoms with E-state index in [1.807, 2.05) is 0 Å². The van der Waals surface area contributed by atoms with Gasteiger partial charge in [0.15, 0.2) is 0 Å². The van der Waals surface area contributed by atoms with Gasteiger partial charge >= 0.3 is 5.97 Å². The fourth-order valence-electron chi connectivity index (χ4n) is 1.35. The Morgan fingerprint density at radius 2 is 1.84 bits per heavy atom. The smallest absolute Gasteiger partial charge is 0.338 e. The third-order valence-electron chi connectivity index (χ3n) is 3.35. The molecule has 0 fully saturated rings. The third kappa shape index (κ3) is 3.14. The van der Waals surface area contributed by atoms with Crippen molar-refractivity contribution in [3.63, 3.8) is 0 Å². The number of rotatable bonds is 4. The number of carbonyl (C=O) groups is 1. The standard InChI is InChI=1S/C13H19FN2O3/c1-12(2,13(3,4)19)16-10-6-8(14)7(11(17)18)5-9(10)15/h5-6,16,19H,15H2,1-4H3,(H,17,18). The number of halogens is 1. The first-order chi connectivity index (χ1) is 8.45. The van der Waals surface area contributed by atoms with E-state index in [0.717, 1.165) is 12.1 Å². The monoisotopic (exact) mass is 270 g/mol. The maximum atomic E-state index is 13.6. The van der Waals surface area contributed by atoms with Gasteiger partial charge in [-0.1, -0.05) is 0 Å². The number of aliphatic hydroxyl groups is 1. The maximum absolute atomic E-state index is 13.6. The summed E-state index contributed by atoms with van der Waals surface area (Å²) in [5.74, 6) is -2.26. The number of hydrogen-bond acceptors (Lipinski definition) is 4. The fraction of sp³-hybridized carbons (Fsp3) is 0.462. The molecule has 0 bridgehead atoms. The lowest BCUT2D eigenvalue weighted by Crippen LogP contribution is -2.51. The normalized spacial score (nSPS) is 12.3. The van der Waals surface area contributed by atoms with Crippen LogP contribution in [0.2, 0.25) is 0 Å². The van der Waals surface area contributed by atoms with Crippen molar-refractivity contribution in [1.29, 1.82) is 0 Å². The van der Waals surface area contributed by atoms with Gasteiger partial charge in [-0.25, -0.2) is 9.18 Å². The molecule has 1 rings (SSSR count). The van der Waals surface area contributed by atoms with Crippen LogP contribution in [0.5, 0.6) is 0 Å². The van der Waals surface area contributed by atoms with Crippen LogP contribution in [0.1, 0.15) is 38.1 Å². The minimum Gasteiger partial charge on any atom is -0.478 e. The minimum absolute atomic E-state index is 0.108. The number of anilines is 2. The highest BCUT2D eigenvalue weighted by Crippen LogP contribution is 2.30. The molecule has 0 saturated heterocycles. The molecule has 0 atom stereocenters. The SMILES string of the molecule is CC(C)(O)C(C)(C)Nc1cc(F)c(C(=O)O)cc1N. The number of nitrogen functional groups attached to an aromatic ring is 1. The van der Waals surface area contributed by atoms with Gasteiger partial charge in [-0.3, -0.25) is 0 Å². The van der Waals surface area contributed by atoms with Crippen LogP contribution in [0.3, 0.4) is 0 Å². The highest BCUT2D eigenvalue weighted by molar-refractivity contribution is 5.90. The zero-order valence-corrected chi connectivity index (χ0v) is 11.4. The van der Waals surface area contributed by atoms with E-state index >= 15 is 0 Å². The molecule has 0 unspecified atom stereocenters. The first-order valence-corrected chi connectivity index (χ1v) is 5.78. The Balaban J connectivity index is 3.18. The van der Waals surface area contributed by atoms with Crippen LogP contribution in [0.15, 0.2) is 12.1 Å². The summed E-state index contributed by atoms with van der Waals surface area (Å²) in [6.45, 7) is 6.68. The lowest BCUT2D eigenvalue weighted by molar-refractivity contribution is 0.0240. The lowest BCUT2D eigenvalue weighted by atomic mass is 9.85. The van der Waals surface area contributed by atoms with Crippen LogP contribution in [-0.2, 0) is 0 Å². The molecule has 6 heteroatoms. The second-order valence-corrected chi connectivity index (χ2v) is 5.53. The largest absolute Gasteiger partial charge is 0.478 e. The Morgan fingerprint density at radius 3 is 2.26 bits per heavy atom. The second kappa shape index (κ2) is 4.70. The van der Waals surface area contributed by atoms with Gasteiger partial charge in [-0.2, -0.15) is 0 Å². The predicted octanol–water partition coefficient (Wildman–Crippen LogP) is 2.07. The molecule has 5 N–H and O–H groups in total. The van der Waals surface area contributed by atoms with Crippen molar-refractivity contribution < 1.29 is 19.4 Å². The van der Waals surface area contributed by atoms with Crippen molar-refractivity contribution in [3.8, 4) is 0 Å². The Hall–Kier alpha value is -1.82. The number of aromatic carboxylic acids is 1. The van der Waals surface area contributed by atoms with E-state index in [1.165, 1.54) is 0 Å². The molecule has 0 heterocycles. The van der Waals surface area contributed by atoms with Gasteiger partial charge in [0.25, 0.3) is 0 Å². The molecule has 0 aromatic heterocycles. The van der Waals surface area contributed by atoms with Crippen molar-refractivity contribution in [2.75, 3.05) is 11.1 Å². The van der Waals surface area contributed by atoms with Crippen molar-refractivity contribution >= 4 is 17.3 Å². The number of benzene rings is 1. The summed E-state index contributed by atoms with van der Waals surface area (Å²) in [4.78, 5) is 10.8. The number of nitrogens with one attached hydrogen (secondary N) is 1.